The first-order valence-corrected chi connectivity index (χ1v) is 8.19. The summed E-state index contributed by atoms with van der Waals surface area (Å²) in [6.07, 6.45) is 6.71. The molecule has 0 atom stereocenters. The lowest BCUT2D eigenvalue weighted by Crippen LogP contribution is -2.04. The Morgan fingerprint density at radius 2 is 1.84 bits per heavy atom. The van der Waals surface area contributed by atoms with Gasteiger partial charge >= 0.3 is 0 Å². The minimum absolute atomic E-state index is 0.105. The Morgan fingerprint density at radius 1 is 1.16 bits per heavy atom. The third-order valence-electron chi connectivity index (χ3n) is 3.26. The van der Waals surface area contributed by atoms with Gasteiger partial charge in [-0.3, -0.25) is 0 Å². The molecule has 6 nitrogen and oxygen atoms in total. The molecule has 0 aliphatic heterocycles. The lowest BCUT2D eigenvalue weighted by atomic mass is 9.99. The first-order valence-electron chi connectivity index (χ1n) is 8.19. The SMILES string of the molecule is C#CCOc1cc(C(C)C)c(Oc2cnc(N)nc2N)cc1C.CC. The topological polar surface area (TPSA) is 96.3 Å². The monoisotopic (exact) mass is 342 g/mol. The second-order valence-corrected chi connectivity index (χ2v) is 5.38. The number of nitrogens with two attached hydrogens (primary N) is 2. The number of benzene rings is 1. The van der Waals surface area contributed by atoms with Gasteiger partial charge in [0.15, 0.2) is 11.6 Å². The van der Waals surface area contributed by atoms with Crippen LogP contribution in [0.5, 0.6) is 17.2 Å². The Bertz CT molecular complexity index is 752. The van der Waals surface area contributed by atoms with Crippen LogP contribution in [0.2, 0.25) is 0 Å². The summed E-state index contributed by atoms with van der Waals surface area (Å²) in [5, 5.41) is 0. The highest BCUT2D eigenvalue weighted by atomic mass is 16.5. The van der Waals surface area contributed by atoms with Crippen molar-refractivity contribution in [3.05, 3.63) is 29.5 Å². The maximum atomic E-state index is 5.90. The molecule has 0 aliphatic rings. The van der Waals surface area contributed by atoms with E-state index >= 15 is 0 Å². The van der Waals surface area contributed by atoms with Gasteiger partial charge in [-0.1, -0.05) is 33.6 Å². The Balaban J connectivity index is 0.00000151. The van der Waals surface area contributed by atoms with Gasteiger partial charge in [-0.05, 0) is 30.5 Å². The van der Waals surface area contributed by atoms with Crippen LogP contribution in [0, 0.1) is 19.3 Å². The number of aromatic nitrogens is 2. The van der Waals surface area contributed by atoms with E-state index in [1.807, 2.05) is 32.9 Å². The van der Waals surface area contributed by atoms with E-state index in [4.69, 9.17) is 27.4 Å². The van der Waals surface area contributed by atoms with Crippen LogP contribution in [-0.4, -0.2) is 16.6 Å². The molecule has 6 heteroatoms. The van der Waals surface area contributed by atoms with Crippen molar-refractivity contribution in [2.75, 3.05) is 18.1 Å². The fourth-order valence-corrected chi connectivity index (χ4v) is 2.09. The van der Waals surface area contributed by atoms with Crippen molar-refractivity contribution in [2.45, 2.75) is 40.5 Å². The normalized spacial score (nSPS) is 9.80. The smallest absolute Gasteiger partial charge is 0.222 e. The molecule has 0 saturated carbocycles. The Hall–Kier alpha value is -2.94. The molecule has 4 N–H and O–H groups in total. The van der Waals surface area contributed by atoms with Crippen molar-refractivity contribution in [1.82, 2.24) is 9.97 Å². The van der Waals surface area contributed by atoms with Crippen LogP contribution in [0.15, 0.2) is 18.3 Å². The van der Waals surface area contributed by atoms with Gasteiger partial charge in [0.25, 0.3) is 0 Å². The van der Waals surface area contributed by atoms with E-state index in [9.17, 15) is 0 Å². The van der Waals surface area contributed by atoms with Crippen LogP contribution >= 0.6 is 0 Å². The molecule has 0 spiro atoms. The highest BCUT2D eigenvalue weighted by Crippen LogP contribution is 2.37. The summed E-state index contributed by atoms with van der Waals surface area (Å²) < 4.78 is 11.5. The molecule has 1 aromatic carbocycles. The average molecular weight is 342 g/mol. The second kappa shape index (κ2) is 9.38. The number of aryl methyl sites for hydroxylation is 1. The zero-order valence-corrected chi connectivity index (χ0v) is 15.5. The van der Waals surface area contributed by atoms with Crippen LogP contribution in [0.25, 0.3) is 0 Å². The number of hydrogen-bond acceptors (Lipinski definition) is 6. The number of ether oxygens (including phenoxy) is 2. The average Bonchev–Trinajstić information content (AvgIpc) is 2.58. The molecule has 0 radical (unpaired) electrons. The predicted octanol–water partition coefficient (Wildman–Crippen LogP) is 3.90. The van der Waals surface area contributed by atoms with E-state index in [-0.39, 0.29) is 24.3 Å². The number of hydrogen-bond donors (Lipinski definition) is 2. The van der Waals surface area contributed by atoms with E-state index < -0.39 is 0 Å². The maximum Gasteiger partial charge on any atom is 0.222 e. The summed E-state index contributed by atoms with van der Waals surface area (Å²) in [4.78, 5) is 7.80. The molecule has 25 heavy (non-hydrogen) atoms. The molecule has 2 aromatic rings. The molecule has 0 fully saturated rings. The third kappa shape index (κ3) is 5.28. The number of anilines is 2. The first-order chi connectivity index (χ1) is 11.9. The van der Waals surface area contributed by atoms with Crippen LogP contribution in [-0.2, 0) is 0 Å². The molecule has 0 aliphatic carbocycles. The summed E-state index contributed by atoms with van der Waals surface area (Å²) in [5.74, 6) is 4.74. The molecule has 2 rings (SSSR count). The van der Waals surface area contributed by atoms with E-state index in [2.05, 4.69) is 29.7 Å². The summed E-state index contributed by atoms with van der Waals surface area (Å²) in [7, 11) is 0. The fraction of sp³-hybridized carbons (Fsp3) is 0.368. The van der Waals surface area contributed by atoms with Crippen molar-refractivity contribution in [2.24, 2.45) is 0 Å². The van der Waals surface area contributed by atoms with Gasteiger partial charge in [0.05, 0.1) is 6.20 Å². The van der Waals surface area contributed by atoms with E-state index in [1.165, 1.54) is 6.20 Å². The zero-order chi connectivity index (χ0) is 19.0. The number of nitrogens with zero attached hydrogens (tertiary/aromatic N) is 2. The summed E-state index contributed by atoms with van der Waals surface area (Å²) in [5.41, 5.74) is 13.2. The second-order valence-electron chi connectivity index (χ2n) is 5.38. The van der Waals surface area contributed by atoms with Crippen molar-refractivity contribution < 1.29 is 9.47 Å². The van der Waals surface area contributed by atoms with Crippen LogP contribution in [0.1, 0.15) is 44.7 Å². The molecule has 0 saturated heterocycles. The zero-order valence-electron chi connectivity index (χ0n) is 15.5. The van der Waals surface area contributed by atoms with Gasteiger partial charge in [0.2, 0.25) is 5.95 Å². The highest BCUT2D eigenvalue weighted by Gasteiger charge is 2.15. The molecular weight excluding hydrogens is 316 g/mol. The van der Waals surface area contributed by atoms with E-state index in [0.717, 1.165) is 16.9 Å². The van der Waals surface area contributed by atoms with Crippen molar-refractivity contribution >= 4 is 11.8 Å². The molecule has 0 unspecified atom stereocenters. The Morgan fingerprint density at radius 3 is 2.40 bits per heavy atom. The largest absolute Gasteiger partial charge is 0.481 e. The minimum Gasteiger partial charge on any atom is -0.481 e. The lowest BCUT2D eigenvalue weighted by molar-refractivity contribution is 0.365. The van der Waals surface area contributed by atoms with E-state index in [0.29, 0.717) is 11.5 Å². The molecule has 1 heterocycles. The number of terminal acetylenes is 1. The number of nitrogen functional groups attached to an aromatic ring is 2. The van der Waals surface area contributed by atoms with Crippen molar-refractivity contribution in [1.29, 1.82) is 0 Å². The standard InChI is InChI=1S/C17H20N4O2.C2H6/c1-5-6-22-13-8-12(10(2)3)14(7-11(13)4)23-15-9-20-17(19)21-16(15)18;1-2/h1,7-10H,6H2,2-4H3,(H4,18,19,20,21);1-2H3. The van der Waals surface area contributed by atoms with Crippen molar-refractivity contribution in [3.8, 4) is 29.6 Å². The fourth-order valence-electron chi connectivity index (χ4n) is 2.09. The van der Waals surface area contributed by atoms with Gasteiger partial charge < -0.3 is 20.9 Å². The quantitative estimate of drug-likeness (QED) is 0.800. The molecule has 0 bridgehead atoms. The van der Waals surface area contributed by atoms with Crippen LogP contribution in [0.3, 0.4) is 0 Å². The summed E-state index contributed by atoms with van der Waals surface area (Å²) in [6, 6.07) is 3.82. The van der Waals surface area contributed by atoms with Crippen LogP contribution < -0.4 is 20.9 Å². The maximum absolute atomic E-state index is 5.90. The van der Waals surface area contributed by atoms with Gasteiger partial charge in [-0.2, -0.15) is 4.98 Å². The molecular formula is C19H26N4O2. The Labute approximate surface area is 149 Å². The predicted molar refractivity (Wildman–Crippen MR) is 102 cm³/mol. The van der Waals surface area contributed by atoms with Gasteiger partial charge in [-0.25, -0.2) is 4.98 Å². The third-order valence-corrected chi connectivity index (χ3v) is 3.26. The minimum atomic E-state index is 0.105. The van der Waals surface area contributed by atoms with Gasteiger partial charge in [0.1, 0.15) is 18.1 Å². The van der Waals surface area contributed by atoms with Crippen molar-refractivity contribution in [3.63, 3.8) is 0 Å². The lowest BCUT2D eigenvalue weighted by Gasteiger charge is -2.17. The molecule has 134 valence electrons. The summed E-state index contributed by atoms with van der Waals surface area (Å²) >= 11 is 0. The van der Waals surface area contributed by atoms with E-state index in [1.54, 1.807) is 0 Å². The summed E-state index contributed by atoms with van der Waals surface area (Å²) in [6.45, 7) is 10.3. The highest BCUT2D eigenvalue weighted by molar-refractivity contribution is 5.53. The Kier molecular flexibility index (Phi) is 7.54. The molecule has 1 aromatic heterocycles. The molecule has 0 amide bonds. The van der Waals surface area contributed by atoms with Crippen LogP contribution in [0.4, 0.5) is 11.8 Å². The van der Waals surface area contributed by atoms with Gasteiger partial charge in [-0.15, -0.1) is 6.42 Å². The number of rotatable bonds is 5. The first kappa shape index (κ1) is 20.1. The van der Waals surface area contributed by atoms with Gasteiger partial charge in [0, 0.05) is 5.56 Å².